The van der Waals surface area contributed by atoms with E-state index >= 15 is 0 Å². The van der Waals surface area contributed by atoms with Crippen molar-refractivity contribution in [2.75, 3.05) is 0 Å². The Bertz CT molecular complexity index is 360. The molecule has 1 aromatic heterocycles. The van der Waals surface area contributed by atoms with Crippen molar-refractivity contribution in [3.05, 3.63) is 29.0 Å². The Labute approximate surface area is 85.1 Å². The average molecular weight is 219 g/mol. The minimum Gasteiger partial charge on any atom is -0.320 e. The Morgan fingerprint density at radius 1 is 1.36 bits per heavy atom. The standard InChI is InChI=1S/C9H9ClF2N2/c10-7-3-1-2-6(14-7)8(13)4-9(11,12)5-8/h1-3H,4-5,13H2. The van der Waals surface area contributed by atoms with Crippen LogP contribution in [-0.4, -0.2) is 10.9 Å². The van der Waals surface area contributed by atoms with Gasteiger partial charge in [0.15, 0.2) is 0 Å². The zero-order chi connectivity index (χ0) is 10.4. The Balaban J connectivity index is 2.25. The Hall–Kier alpha value is -0.740. The smallest absolute Gasteiger partial charge is 0.252 e. The highest BCUT2D eigenvalue weighted by Gasteiger charge is 2.56. The number of hydrogen-bond acceptors (Lipinski definition) is 2. The fourth-order valence-corrected chi connectivity index (χ4v) is 1.90. The van der Waals surface area contributed by atoms with Gasteiger partial charge in [-0.05, 0) is 12.1 Å². The summed E-state index contributed by atoms with van der Waals surface area (Å²) in [6.07, 6.45) is -0.708. The van der Waals surface area contributed by atoms with Crippen LogP contribution in [0.2, 0.25) is 5.15 Å². The molecule has 1 heterocycles. The lowest BCUT2D eigenvalue weighted by molar-refractivity contribution is -0.126. The fraction of sp³-hybridized carbons (Fsp3) is 0.444. The highest BCUT2D eigenvalue weighted by Crippen LogP contribution is 2.49. The maximum absolute atomic E-state index is 12.7. The molecule has 0 unspecified atom stereocenters. The molecule has 0 radical (unpaired) electrons. The van der Waals surface area contributed by atoms with Crippen LogP contribution in [0.4, 0.5) is 8.78 Å². The van der Waals surface area contributed by atoms with E-state index in [9.17, 15) is 8.78 Å². The highest BCUT2D eigenvalue weighted by atomic mass is 35.5. The molecule has 14 heavy (non-hydrogen) atoms. The van der Waals surface area contributed by atoms with Crippen molar-refractivity contribution in [1.29, 1.82) is 0 Å². The van der Waals surface area contributed by atoms with Crippen molar-refractivity contribution >= 4 is 11.6 Å². The summed E-state index contributed by atoms with van der Waals surface area (Å²) in [7, 11) is 0. The second-order valence-electron chi connectivity index (χ2n) is 3.71. The maximum atomic E-state index is 12.7. The first-order valence-electron chi connectivity index (χ1n) is 4.21. The molecule has 1 aliphatic rings. The van der Waals surface area contributed by atoms with Crippen molar-refractivity contribution < 1.29 is 8.78 Å². The third-order valence-electron chi connectivity index (χ3n) is 2.37. The van der Waals surface area contributed by atoms with E-state index in [-0.39, 0.29) is 18.0 Å². The van der Waals surface area contributed by atoms with Crippen LogP contribution in [0.15, 0.2) is 18.2 Å². The van der Waals surface area contributed by atoms with Gasteiger partial charge >= 0.3 is 0 Å². The van der Waals surface area contributed by atoms with E-state index in [2.05, 4.69) is 4.98 Å². The number of pyridine rings is 1. The van der Waals surface area contributed by atoms with Crippen LogP contribution in [0.1, 0.15) is 18.5 Å². The van der Waals surface area contributed by atoms with Gasteiger partial charge in [-0.3, -0.25) is 0 Å². The van der Waals surface area contributed by atoms with Crippen molar-refractivity contribution in [3.63, 3.8) is 0 Å². The van der Waals surface area contributed by atoms with Crippen molar-refractivity contribution in [2.24, 2.45) is 5.73 Å². The lowest BCUT2D eigenvalue weighted by Crippen LogP contribution is -2.55. The molecule has 2 nitrogen and oxygen atoms in total. The van der Waals surface area contributed by atoms with E-state index in [4.69, 9.17) is 17.3 Å². The molecule has 1 aliphatic carbocycles. The van der Waals surface area contributed by atoms with Crippen LogP contribution < -0.4 is 5.73 Å². The van der Waals surface area contributed by atoms with Gasteiger partial charge in [0.1, 0.15) is 5.15 Å². The van der Waals surface area contributed by atoms with Gasteiger partial charge in [-0.25, -0.2) is 13.8 Å². The van der Waals surface area contributed by atoms with E-state index in [1.807, 2.05) is 0 Å². The number of aromatic nitrogens is 1. The van der Waals surface area contributed by atoms with Crippen LogP contribution in [-0.2, 0) is 5.54 Å². The van der Waals surface area contributed by atoms with Gasteiger partial charge in [0, 0.05) is 12.8 Å². The van der Waals surface area contributed by atoms with Crippen LogP contribution in [0.25, 0.3) is 0 Å². The second-order valence-corrected chi connectivity index (χ2v) is 4.10. The zero-order valence-electron chi connectivity index (χ0n) is 7.30. The first kappa shape index (κ1) is 9.80. The van der Waals surface area contributed by atoms with E-state index in [0.29, 0.717) is 5.69 Å². The van der Waals surface area contributed by atoms with E-state index in [1.165, 1.54) is 0 Å². The van der Waals surface area contributed by atoms with Gasteiger partial charge < -0.3 is 5.73 Å². The summed E-state index contributed by atoms with van der Waals surface area (Å²) in [5.41, 5.74) is 5.20. The maximum Gasteiger partial charge on any atom is 0.252 e. The van der Waals surface area contributed by atoms with E-state index in [0.717, 1.165) is 0 Å². The first-order valence-corrected chi connectivity index (χ1v) is 4.59. The molecule has 0 atom stereocenters. The summed E-state index contributed by atoms with van der Waals surface area (Å²) in [5, 5.41) is 0.280. The number of halogens is 3. The second kappa shape index (κ2) is 2.87. The predicted molar refractivity (Wildman–Crippen MR) is 49.3 cm³/mol. The molecule has 5 heteroatoms. The summed E-state index contributed by atoms with van der Waals surface area (Å²) >= 11 is 5.65. The molecule has 0 spiro atoms. The molecule has 0 saturated heterocycles. The average Bonchev–Trinajstić information content (AvgIpc) is 2.00. The van der Waals surface area contributed by atoms with Crippen molar-refractivity contribution in [3.8, 4) is 0 Å². The SMILES string of the molecule is NC1(c2cccc(Cl)n2)CC(F)(F)C1. The highest BCUT2D eigenvalue weighted by molar-refractivity contribution is 6.29. The molecule has 0 bridgehead atoms. The third-order valence-corrected chi connectivity index (χ3v) is 2.58. The normalized spacial score (nSPS) is 22.9. The van der Waals surface area contributed by atoms with Gasteiger partial charge in [0.05, 0.1) is 11.2 Å². The van der Waals surface area contributed by atoms with Crippen molar-refractivity contribution in [2.45, 2.75) is 24.3 Å². The quantitative estimate of drug-likeness (QED) is 0.735. The predicted octanol–water partition coefficient (Wildman–Crippen LogP) is 2.32. The van der Waals surface area contributed by atoms with Gasteiger partial charge in [-0.15, -0.1) is 0 Å². The van der Waals surface area contributed by atoms with Crippen LogP contribution in [0.3, 0.4) is 0 Å². The lowest BCUT2D eigenvalue weighted by Gasteiger charge is -2.43. The molecule has 0 aromatic carbocycles. The van der Waals surface area contributed by atoms with Gasteiger partial charge in [0.2, 0.25) is 0 Å². The van der Waals surface area contributed by atoms with E-state index < -0.39 is 11.5 Å². The first-order chi connectivity index (χ1) is 6.41. The molecule has 1 saturated carbocycles. The van der Waals surface area contributed by atoms with Gasteiger partial charge in [0.25, 0.3) is 5.92 Å². The topological polar surface area (TPSA) is 38.9 Å². The summed E-state index contributed by atoms with van der Waals surface area (Å²) < 4.78 is 25.4. The van der Waals surface area contributed by atoms with Crippen LogP contribution in [0.5, 0.6) is 0 Å². The molecule has 2 N–H and O–H groups in total. The number of nitrogens with zero attached hydrogens (tertiary/aromatic N) is 1. The lowest BCUT2D eigenvalue weighted by atomic mass is 9.72. The summed E-state index contributed by atoms with van der Waals surface area (Å²) in [6, 6.07) is 4.88. The zero-order valence-corrected chi connectivity index (χ0v) is 8.06. The van der Waals surface area contributed by atoms with E-state index in [1.54, 1.807) is 18.2 Å². The minimum absolute atomic E-state index is 0.280. The summed E-state index contributed by atoms with van der Waals surface area (Å²) in [4.78, 5) is 3.94. The largest absolute Gasteiger partial charge is 0.320 e. The van der Waals surface area contributed by atoms with Crippen LogP contribution >= 0.6 is 11.6 Å². The molecular formula is C9H9ClF2N2. The molecule has 76 valence electrons. The molecule has 1 fully saturated rings. The van der Waals surface area contributed by atoms with Gasteiger partial charge in [-0.1, -0.05) is 17.7 Å². The minimum atomic E-state index is -2.65. The van der Waals surface area contributed by atoms with Crippen molar-refractivity contribution in [1.82, 2.24) is 4.98 Å². The van der Waals surface area contributed by atoms with Gasteiger partial charge in [-0.2, -0.15) is 0 Å². The molecule has 1 aromatic rings. The summed E-state index contributed by atoms with van der Waals surface area (Å²) in [6.45, 7) is 0. The molecular weight excluding hydrogens is 210 g/mol. The monoisotopic (exact) mass is 218 g/mol. The number of rotatable bonds is 1. The Morgan fingerprint density at radius 3 is 2.50 bits per heavy atom. The number of alkyl halides is 2. The Kier molecular flexibility index (Phi) is 2.01. The number of hydrogen-bond donors (Lipinski definition) is 1. The molecule has 0 aliphatic heterocycles. The number of nitrogens with two attached hydrogens (primary N) is 1. The fourth-order valence-electron chi connectivity index (χ4n) is 1.74. The summed E-state index contributed by atoms with van der Waals surface area (Å²) in [5.74, 6) is -2.65. The Morgan fingerprint density at radius 2 is 2.00 bits per heavy atom. The third kappa shape index (κ3) is 1.60. The molecule has 0 amide bonds. The van der Waals surface area contributed by atoms with Crippen LogP contribution in [0, 0.1) is 0 Å². The molecule has 2 rings (SSSR count).